The summed E-state index contributed by atoms with van der Waals surface area (Å²) in [5.74, 6) is -0.901. The topological polar surface area (TPSA) is 89.3 Å². The lowest BCUT2D eigenvalue weighted by molar-refractivity contribution is -0.139. The molecule has 164 valence electrons. The van der Waals surface area contributed by atoms with Gasteiger partial charge in [-0.2, -0.15) is 5.10 Å². The Morgan fingerprint density at radius 2 is 2.16 bits per heavy atom. The molecule has 1 atom stereocenters. The van der Waals surface area contributed by atoms with Crippen molar-refractivity contribution in [1.29, 1.82) is 0 Å². The molecule has 1 unspecified atom stereocenters. The van der Waals surface area contributed by atoms with Crippen LogP contribution in [0.2, 0.25) is 5.02 Å². The molecule has 1 fully saturated rings. The molecule has 0 saturated carbocycles. The van der Waals surface area contributed by atoms with Crippen molar-refractivity contribution in [3.63, 3.8) is 0 Å². The third kappa shape index (κ3) is 5.33. The molecule has 3 heterocycles. The van der Waals surface area contributed by atoms with Crippen LogP contribution in [0.25, 0.3) is 10.6 Å². The zero-order chi connectivity index (χ0) is 21.8. The van der Waals surface area contributed by atoms with Crippen LogP contribution in [0.15, 0.2) is 35.8 Å². The van der Waals surface area contributed by atoms with E-state index >= 15 is 0 Å². The fourth-order valence-electron chi connectivity index (χ4n) is 3.68. The van der Waals surface area contributed by atoms with Gasteiger partial charge >= 0.3 is 5.97 Å². The summed E-state index contributed by atoms with van der Waals surface area (Å²) in [6.45, 7) is 3.90. The molecule has 0 spiro atoms. The number of halogens is 1. The lowest BCUT2D eigenvalue weighted by Gasteiger charge is -2.22. The first-order valence-electron chi connectivity index (χ1n) is 10.3. The molecule has 9 heteroatoms. The summed E-state index contributed by atoms with van der Waals surface area (Å²) in [5, 5.41) is 20.8. The highest BCUT2D eigenvalue weighted by Crippen LogP contribution is 2.30. The van der Waals surface area contributed by atoms with Crippen molar-refractivity contribution in [3.8, 4) is 10.6 Å². The number of carboxylic acid groups (broad SMARTS) is 1. The summed E-state index contributed by atoms with van der Waals surface area (Å²) >= 11 is 7.73. The number of carbonyl (C=O) groups is 1. The van der Waals surface area contributed by atoms with E-state index < -0.39 is 12.0 Å². The molecule has 4 rings (SSSR count). The van der Waals surface area contributed by atoms with Gasteiger partial charge in [0.25, 0.3) is 0 Å². The van der Waals surface area contributed by atoms with E-state index in [1.165, 1.54) is 11.3 Å². The predicted octanol–water partition coefficient (Wildman–Crippen LogP) is 4.11. The molecular weight excluding hydrogens is 436 g/mol. The minimum atomic E-state index is -0.901. The zero-order valence-electron chi connectivity index (χ0n) is 17.3. The molecule has 0 radical (unpaired) electrons. The van der Waals surface area contributed by atoms with Crippen LogP contribution in [0.4, 0.5) is 0 Å². The molecule has 7 nitrogen and oxygen atoms in total. The van der Waals surface area contributed by atoms with Crippen LogP contribution in [0.3, 0.4) is 0 Å². The lowest BCUT2D eigenvalue weighted by Crippen LogP contribution is -2.38. The molecule has 2 aromatic heterocycles. The molecule has 0 amide bonds. The highest BCUT2D eigenvalue weighted by Gasteiger charge is 2.22. The maximum absolute atomic E-state index is 11.9. The Bertz CT molecular complexity index is 1050. The fourth-order valence-corrected chi connectivity index (χ4v) is 4.83. The number of nitrogens with zero attached hydrogens (tertiary/aromatic N) is 3. The molecular formula is C22H25ClN4O3S. The van der Waals surface area contributed by atoms with Gasteiger partial charge in [-0.15, -0.1) is 11.3 Å². The van der Waals surface area contributed by atoms with Crippen LogP contribution < -0.4 is 5.32 Å². The number of hydrogen-bond acceptors (Lipinski definition) is 6. The van der Waals surface area contributed by atoms with Crippen molar-refractivity contribution in [2.75, 3.05) is 13.2 Å². The zero-order valence-corrected chi connectivity index (χ0v) is 18.8. The first kappa shape index (κ1) is 22.0. The van der Waals surface area contributed by atoms with Crippen molar-refractivity contribution < 1.29 is 14.6 Å². The molecule has 1 aliphatic heterocycles. The van der Waals surface area contributed by atoms with Gasteiger partial charge in [0.15, 0.2) is 0 Å². The lowest BCUT2D eigenvalue weighted by atomic mass is 10.1. The Morgan fingerprint density at radius 3 is 2.90 bits per heavy atom. The Labute approximate surface area is 190 Å². The van der Waals surface area contributed by atoms with Gasteiger partial charge in [-0.25, -0.2) is 4.98 Å². The van der Waals surface area contributed by atoms with Crippen molar-refractivity contribution in [2.45, 2.75) is 44.8 Å². The van der Waals surface area contributed by atoms with E-state index in [1.807, 2.05) is 47.4 Å². The third-order valence-corrected chi connectivity index (χ3v) is 6.74. The molecule has 1 aromatic carbocycles. The average Bonchev–Trinajstić information content (AvgIpc) is 3.38. The number of aliphatic carboxylic acids is 1. The normalized spacial score (nSPS) is 15.8. The van der Waals surface area contributed by atoms with Gasteiger partial charge in [0.05, 0.1) is 22.5 Å². The standard InChI is InChI=1S/C22H25ClN4O3S/c1-14-15(12-27(26-14)17-6-8-30-9-7-17)11-24-20(22(28)29)10-16-13-31-21(25-16)18-4-2-3-5-19(18)23/h2-5,12-13,17,20,24H,6-11H2,1H3,(H,28,29). The third-order valence-electron chi connectivity index (χ3n) is 5.49. The Balaban J connectivity index is 1.41. The number of nitrogens with one attached hydrogen (secondary N) is 1. The molecule has 1 aliphatic rings. The van der Waals surface area contributed by atoms with E-state index in [2.05, 4.69) is 15.4 Å². The summed E-state index contributed by atoms with van der Waals surface area (Å²) in [6.07, 6.45) is 4.21. The molecule has 0 bridgehead atoms. The minimum absolute atomic E-state index is 0.295. The Hall–Kier alpha value is -2.26. The van der Waals surface area contributed by atoms with Crippen LogP contribution in [0, 0.1) is 6.92 Å². The van der Waals surface area contributed by atoms with Crippen LogP contribution in [0.1, 0.15) is 35.8 Å². The van der Waals surface area contributed by atoms with Crippen molar-refractivity contribution in [3.05, 3.63) is 57.8 Å². The number of rotatable bonds is 8. The van der Waals surface area contributed by atoms with Gasteiger partial charge in [0, 0.05) is 48.9 Å². The van der Waals surface area contributed by atoms with E-state index in [9.17, 15) is 9.90 Å². The van der Waals surface area contributed by atoms with E-state index in [1.54, 1.807) is 0 Å². The minimum Gasteiger partial charge on any atom is -0.480 e. The van der Waals surface area contributed by atoms with Gasteiger partial charge in [0.1, 0.15) is 11.0 Å². The summed E-state index contributed by atoms with van der Waals surface area (Å²) in [4.78, 5) is 16.5. The second kappa shape index (κ2) is 9.91. The summed E-state index contributed by atoms with van der Waals surface area (Å²) in [5.41, 5.74) is 3.51. The quantitative estimate of drug-likeness (QED) is 0.526. The maximum Gasteiger partial charge on any atom is 0.321 e. The number of hydrogen-bond donors (Lipinski definition) is 2. The second-order valence-electron chi connectivity index (χ2n) is 7.66. The average molecular weight is 461 g/mol. The molecule has 3 aromatic rings. The van der Waals surface area contributed by atoms with Gasteiger partial charge < -0.3 is 9.84 Å². The summed E-state index contributed by atoms with van der Waals surface area (Å²) in [6, 6.07) is 7.12. The smallest absolute Gasteiger partial charge is 0.321 e. The summed E-state index contributed by atoms with van der Waals surface area (Å²) < 4.78 is 7.43. The van der Waals surface area contributed by atoms with Gasteiger partial charge in [-0.1, -0.05) is 29.8 Å². The van der Waals surface area contributed by atoms with Crippen LogP contribution >= 0.6 is 22.9 Å². The first-order chi connectivity index (χ1) is 15.0. The van der Waals surface area contributed by atoms with Gasteiger partial charge in [-0.3, -0.25) is 14.8 Å². The van der Waals surface area contributed by atoms with E-state index in [0.29, 0.717) is 24.0 Å². The first-order valence-corrected chi connectivity index (χ1v) is 11.5. The number of thiazole rings is 1. The molecule has 31 heavy (non-hydrogen) atoms. The monoisotopic (exact) mass is 460 g/mol. The van der Waals surface area contributed by atoms with E-state index in [4.69, 9.17) is 16.3 Å². The van der Waals surface area contributed by atoms with Crippen molar-refractivity contribution in [1.82, 2.24) is 20.1 Å². The van der Waals surface area contributed by atoms with E-state index in [-0.39, 0.29) is 0 Å². The number of benzene rings is 1. The summed E-state index contributed by atoms with van der Waals surface area (Å²) in [7, 11) is 0. The number of carboxylic acids is 1. The fraction of sp³-hybridized carbons (Fsp3) is 0.409. The highest BCUT2D eigenvalue weighted by molar-refractivity contribution is 7.13. The van der Waals surface area contributed by atoms with Gasteiger partial charge in [0.2, 0.25) is 0 Å². The Morgan fingerprint density at radius 1 is 1.39 bits per heavy atom. The largest absolute Gasteiger partial charge is 0.480 e. The van der Waals surface area contributed by atoms with Crippen LogP contribution in [0.5, 0.6) is 0 Å². The van der Waals surface area contributed by atoms with Crippen molar-refractivity contribution in [2.24, 2.45) is 0 Å². The van der Waals surface area contributed by atoms with Crippen LogP contribution in [-0.4, -0.2) is 45.1 Å². The van der Waals surface area contributed by atoms with Gasteiger partial charge in [-0.05, 0) is 25.8 Å². The molecule has 0 aliphatic carbocycles. The number of ether oxygens (including phenoxy) is 1. The highest BCUT2D eigenvalue weighted by atomic mass is 35.5. The SMILES string of the molecule is Cc1nn(C2CCOCC2)cc1CNC(Cc1csc(-c2ccccc2Cl)n1)C(=O)O. The second-order valence-corrected chi connectivity index (χ2v) is 8.93. The number of aromatic nitrogens is 3. The number of aryl methyl sites for hydroxylation is 1. The predicted molar refractivity (Wildman–Crippen MR) is 121 cm³/mol. The molecule has 2 N–H and O–H groups in total. The maximum atomic E-state index is 11.9. The Kier molecular flexibility index (Phi) is 7.02. The van der Waals surface area contributed by atoms with Crippen LogP contribution in [-0.2, 0) is 22.5 Å². The van der Waals surface area contributed by atoms with Crippen molar-refractivity contribution >= 4 is 28.9 Å². The molecule has 1 saturated heterocycles. The van der Waals surface area contributed by atoms with E-state index in [0.717, 1.165) is 53.6 Å².